The summed E-state index contributed by atoms with van der Waals surface area (Å²) in [7, 11) is 1.41. The first-order chi connectivity index (χ1) is 19.1. The lowest BCUT2D eigenvalue weighted by Crippen LogP contribution is -2.29. The van der Waals surface area contributed by atoms with Crippen LogP contribution in [0.15, 0.2) is 46.4 Å². The second kappa shape index (κ2) is 10.6. The molecule has 0 amide bonds. The number of nitrogens with zero attached hydrogens (tertiary/aromatic N) is 4. The number of H-pyrrole nitrogens is 1. The fourth-order valence-corrected chi connectivity index (χ4v) is 4.72. The van der Waals surface area contributed by atoms with Crippen molar-refractivity contribution in [2.75, 3.05) is 18.2 Å². The number of hydrogen-bond donors (Lipinski definition) is 3. The maximum atomic E-state index is 15.0. The highest BCUT2D eigenvalue weighted by Crippen LogP contribution is 2.38. The highest BCUT2D eigenvalue weighted by atomic mass is 19.4. The third kappa shape index (κ3) is 5.46. The molecule has 1 atom stereocenters. The molecule has 14 heteroatoms. The molecule has 1 saturated carbocycles. The van der Waals surface area contributed by atoms with Crippen LogP contribution in [0, 0.1) is 11.7 Å². The average molecular weight is 560 g/mol. The molecule has 0 radical (unpaired) electrons. The van der Waals surface area contributed by atoms with Gasteiger partial charge in [0.1, 0.15) is 11.4 Å². The van der Waals surface area contributed by atoms with Crippen molar-refractivity contribution in [1.82, 2.24) is 24.7 Å². The molecular weight excluding hydrogens is 534 g/mol. The van der Waals surface area contributed by atoms with Crippen LogP contribution in [0.3, 0.4) is 0 Å². The van der Waals surface area contributed by atoms with Crippen molar-refractivity contribution in [3.05, 3.63) is 68.9 Å². The highest BCUT2D eigenvalue weighted by Gasteiger charge is 2.39. The van der Waals surface area contributed by atoms with E-state index < -0.39 is 28.7 Å². The van der Waals surface area contributed by atoms with Gasteiger partial charge in [0.25, 0.3) is 11.1 Å². The van der Waals surface area contributed by atoms with Crippen LogP contribution in [0.1, 0.15) is 31.2 Å². The van der Waals surface area contributed by atoms with Crippen LogP contribution < -0.4 is 26.9 Å². The number of methoxy groups -OCH3 is 1. The Morgan fingerprint density at radius 3 is 2.70 bits per heavy atom. The van der Waals surface area contributed by atoms with Crippen LogP contribution in [0.4, 0.5) is 29.1 Å². The zero-order chi connectivity index (χ0) is 28.6. The number of rotatable bonds is 9. The molecule has 10 nitrogen and oxygen atoms in total. The van der Waals surface area contributed by atoms with Gasteiger partial charge in [0.15, 0.2) is 17.4 Å². The second-order valence-electron chi connectivity index (χ2n) is 9.60. The minimum Gasteiger partial charge on any atom is -0.491 e. The van der Waals surface area contributed by atoms with Crippen molar-refractivity contribution < 1.29 is 22.3 Å². The van der Waals surface area contributed by atoms with E-state index in [-0.39, 0.29) is 52.5 Å². The number of aromatic nitrogens is 5. The fraction of sp³-hybridized carbons (Fsp3) is 0.346. The maximum absolute atomic E-state index is 15.0. The Labute approximate surface area is 224 Å². The Morgan fingerprint density at radius 1 is 1.25 bits per heavy atom. The predicted molar refractivity (Wildman–Crippen MR) is 139 cm³/mol. The Balaban J connectivity index is 1.33. The summed E-state index contributed by atoms with van der Waals surface area (Å²) in [6, 6.07) is 3.93. The number of aromatic amines is 1. The van der Waals surface area contributed by atoms with Gasteiger partial charge in [-0.05, 0) is 55.2 Å². The SMILES string of the molecule is COc1cnc(-c2cc3ccn(CCCC(Nc4cn[nH]c(=O)c4C(F)(F)F)C4CC4)c(=O)c3cc2F)nc1N. The number of hydrogen-bond acceptors (Lipinski definition) is 8. The number of fused-ring (bicyclic) bond motifs is 1. The molecule has 3 aromatic heterocycles. The lowest BCUT2D eigenvalue weighted by molar-refractivity contribution is -0.138. The Kier molecular flexibility index (Phi) is 7.17. The van der Waals surface area contributed by atoms with E-state index in [4.69, 9.17) is 10.5 Å². The van der Waals surface area contributed by atoms with Gasteiger partial charge >= 0.3 is 6.18 Å². The van der Waals surface area contributed by atoms with Crippen LogP contribution in [0.5, 0.6) is 5.75 Å². The number of ether oxygens (including phenoxy) is 1. The molecular formula is C26H25F4N7O3. The molecule has 1 aliphatic carbocycles. The Bertz CT molecular complexity index is 1680. The molecule has 5 rings (SSSR count). The van der Waals surface area contributed by atoms with Gasteiger partial charge in [-0.1, -0.05) is 0 Å². The molecule has 1 unspecified atom stereocenters. The standard InChI is InChI=1S/C26H25F4N7O3/c1-40-20-12-32-23(35-22(20)31)16-9-14-6-8-37(25(39)15(14)10-17(16)27)7-2-3-18(13-4-5-13)34-19-11-33-36-24(38)21(19)26(28,29)30/h6,8-13,18H,2-5,7H2,1H3,(H2,31,32,35)(H2,34,36,38). The molecule has 1 fully saturated rings. The molecule has 3 heterocycles. The molecule has 0 spiro atoms. The van der Waals surface area contributed by atoms with E-state index >= 15 is 4.39 Å². The topological polar surface area (TPSA) is 141 Å². The van der Waals surface area contributed by atoms with Gasteiger partial charge in [0, 0.05) is 18.8 Å². The third-order valence-corrected chi connectivity index (χ3v) is 6.89. The first kappa shape index (κ1) is 27.1. The average Bonchev–Trinajstić information content (AvgIpc) is 3.74. The smallest absolute Gasteiger partial charge is 0.423 e. The number of pyridine rings is 1. The van der Waals surface area contributed by atoms with Gasteiger partial charge in [-0.25, -0.2) is 19.5 Å². The number of nitrogens with one attached hydrogen (secondary N) is 2. The fourth-order valence-electron chi connectivity index (χ4n) is 4.72. The van der Waals surface area contributed by atoms with Crippen LogP contribution in [0.2, 0.25) is 0 Å². The van der Waals surface area contributed by atoms with Crippen molar-refractivity contribution in [3.63, 3.8) is 0 Å². The van der Waals surface area contributed by atoms with Gasteiger partial charge in [-0.2, -0.15) is 18.3 Å². The van der Waals surface area contributed by atoms with E-state index in [1.165, 1.54) is 23.9 Å². The maximum Gasteiger partial charge on any atom is 0.423 e. The quantitative estimate of drug-likeness (QED) is 0.262. The summed E-state index contributed by atoms with van der Waals surface area (Å²) in [5.74, 6) is -0.203. The number of aryl methyl sites for hydroxylation is 1. The molecule has 4 aromatic rings. The van der Waals surface area contributed by atoms with E-state index in [1.54, 1.807) is 12.3 Å². The van der Waals surface area contributed by atoms with Crippen molar-refractivity contribution in [2.45, 2.75) is 44.4 Å². The number of halogens is 4. The second-order valence-corrected chi connectivity index (χ2v) is 9.60. The van der Waals surface area contributed by atoms with Crippen molar-refractivity contribution in [2.24, 2.45) is 5.92 Å². The number of nitrogens with two attached hydrogens (primary N) is 1. The van der Waals surface area contributed by atoms with E-state index in [9.17, 15) is 22.8 Å². The van der Waals surface area contributed by atoms with Gasteiger partial charge in [0.2, 0.25) is 0 Å². The summed E-state index contributed by atoms with van der Waals surface area (Å²) in [4.78, 5) is 33.1. The van der Waals surface area contributed by atoms with Crippen LogP contribution in [-0.2, 0) is 12.7 Å². The van der Waals surface area contributed by atoms with Gasteiger partial charge in [-0.3, -0.25) is 9.59 Å². The number of benzene rings is 1. The molecule has 0 aliphatic heterocycles. The van der Waals surface area contributed by atoms with Crippen molar-refractivity contribution in [1.29, 1.82) is 0 Å². The first-order valence-electron chi connectivity index (χ1n) is 12.5. The minimum atomic E-state index is -4.84. The molecule has 1 aromatic carbocycles. The molecule has 0 bridgehead atoms. The van der Waals surface area contributed by atoms with E-state index in [0.717, 1.165) is 25.1 Å². The first-order valence-corrected chi connectivity index (χ1v) is 12.5. The van der Waals surface area contributed by atoms with E-state index in [0.29, 0.717) is 18.2 Å². The predicted octanol–water partition coefficient (Wildman–Crippen LogP) is 3.96. The van der Waals surface area contributed by atoms with E-state index in [2.05, 4.69) is 20.4 Å². The molecule has 1 aliphatic rings. The normalized spacial score (nSPS) is 14.3. The number of nitrogen functional groups attached to an aromatic ring is 1. The molecule has 40 heavy (non-hydrogen) atoms. The van der Waals surface area contributed by atoms with Gasteiger partial charge in [0.05, 0.1) is 36.1 Å². The van der Waals surface area contributed by atoms with Gasteiger partial charge in [-0.15, -0.1) is 0 Å². The molecule has 210 valence electrons. The Hall–Kier alpha value is -4.49. The van der Waals surface area contributed by atoms with Crippen LogP contribution in [-0.4, -0.2) is 37.9 Å². The van der Waals surface area contributed by atoms with Crippen molar-refractivity contribution in [3.8, 4) is 17.1 Å². The number of anilines is 2. The lowest BCUT2D eigenvalue weighted by Gasteiger charge is -2.21. The Morgan fingerprint density at radius 2 is 2.02 bits per heavy atom. The van der Waals surface area contributed by atoms with Gasteiger partial charge < -0.3 is 20.4 Å². The minimum absolute atomic E-state index is 0.0461. The summed E-state index contributed by atoms with van der Waals surface area (Å²) in [6.07, 6.45) is 1.62. The van der Waals surface area contributed by atoms with Crippen LogP contribution >= 0.6 is 0 Å². The zero-order valence-corrected chi connectivity index (χ0v) is 21.3. The molecule has 4 N–H and O–H groups in total. The number of alkyl halides is 3. The highest BCUT2D eigenvalue weighted by molar-refractivity contribution is 5.86. The summed E-state index contributed by atoms with van der Waals surface area (Å²) < 4.78 is 61.8. The summed E-state index contributed by atoms with van der Waals surface area (Å²) in [6.45, 7) is 0.265. The monoisotopic (exact) mass is 559 g/mol. The summed E-state index contributed by atoms with van der Waals surface area (Å²) in [5.41, 5.74) is 2.48. The largest absolute Gasteiger partial charge is 0.491 e. The zero-order valence-electron chi connectivity index (χ0n) is 21.3. The summed E-state index contributed by atoms with van der Waals surface area (Å²) in [5, 5.41) is 8.83. The van der Waals surface area contributed by atoms with Crippen molar-refractivity contribution >= 4 is 22.3 Å². The lowest BCUT2D eigenvalue weighted by atomic mass is 10.0. The summed E-state index contributed by atoms with van der Waals surface area (Å²) >= 11 is 0. The third-order valence-electron chi connectivity index (χ3n) is 6.89. The van der Waals surface area contributed by atoms with Crippen LogP contribution in [0.25, 0.3) is 22.2 Å². The molecule has 0 saturated heterocycles. The van der Waals surface area contributed by atoms with E-state index in [1.807, 2.05) is 5.10 Å².